The van der Waals surface area contributed by atoms with E-state index in [-0.39, 0.29) is 6.10 Å². The lowest BCUT2D eigenvalue weighted by atomic mass is 10.1. The van der Waals surface area contributed by atoms with Crippen LogP contribution in [0.1, 0.15) is 44.0 Å². The van der Waals surface area contributed by atoms with Gasteiger partial charge in [0, 0.05) is 19.2 Å². The summed E-state index contributed by atoms with van der Waals surface area (Å²) in [5.74, 6) is 0. The number of hydrogen-bond acceptors (Lipinski definition) is 2. The molecular formula is C12H22N2O. The first-order chi connectivity index (χ1) is 7.13. The number of unbranched alkanes of at least 4 members (excludes halogenated alkanes) is 2. The molecule has 3 nitrogen and oxygen atoms in total. The maximum absolute atomic E-state index is 9.82. The van der Waals surface area contributed by atoms with E-state index in [9.17, 15) is 5.11 Å². The predicted octanol–water partition coefficient (Wildman–Crippen LogP) is 2.21. The van der Waals surface area contributed by atoms with Crippen molar-refractivity contribution in [3.63, 3.8) is 0 Å². The second kappa shape index (κ2) is 5.91. The van der Waals surface area contributed by atoms with Crippen molar-refractivity contribution in [2.75, 3.05) is 0 Å². The van der Waals surface area contributed by atoms with E-state index in [0.717, 1.165) is 30.7 Å². The molecule has 0 aliphatic heterocycles. The molecule has 0 aliphatic carbocycles. The molecule has 0 aliphatic rings. The third kappa shape index (κ3) is 4.04. The third-order valence-electron chi connectivity index (χ3n) is 2.68. The molecule has 1 rings (SSSR count). The summed E-state index contributed by atoms with van der Waals surface area (Å²) >= 11 is 0. The standard InChI is InChI=1S/C12H22N2O/c1-4-5-6-7-12(15)9-11-8-10(2)13-14(11)3/h8,12,15H,4-7,9H2,1-3H3. The van der Waals surface area contributed by atoms with Crippen molar-refractivity contribution in [3.05, 3.63) is 17.5 Å². The molecule has 0 bridgehead atoms. The molecule has 0 aromatic carbocycles. The van der Waals surface area contributed by atoms with Gasteiger partial charge in [0.05, 0.1) is 11.8 Å². The lowest BCUT2D eigenvalue weighted by Gasteiger charge is -2.09. The molecule has 3 heteroatoms. The van der Waals surface area contributed by atoms with E-state index < -0.39 is 0 Å². The zero-order chi connectivity index (χ0) is 11.3. The summed E-state index contributed by atoms with van der Waals surface area (Å²) in [5.41, 5.74) is 2.14. The molecule has 15 heavy (non-hydrogen) atoms. The van der Waals surface area contributed by atoms with E-state index >= 15 is 0 Å². The van der Waals surface area contributed by atoms with E-state index in [1.165, 1.54) is 12.8 Å². The Morgan fingerprint density at radius 2 is 2.20 bits per heavy atom. The Morgan fingerprint density at radius 3 is 2.73 bits per heavy atom. The fourth-order valence-electron chi connectivity index (χ4n) is 1.83. The summed E-state index contributed by atoms with van der Waals surface area (Å²) in [6.07, 6.45) is 4.94. The van der Waals surface area contributed by atoms with Crippen LogP contribution < -0.4 is 0 Å². The maximum atomic E-state index is 9.82. The number of aliphatic hydroxyl groups is 1. The number of nitrogens with zero attached hydrogens (tertiary/aromatic N) is 2. The zero-order valence-corrected chi connectivity index (χ0v) is 10.0. The fourth-order valence-corrected chi connectivity index (χ4v) is 1.83. The molecule has 1 N–H and O–H groups in total. The second-order valence-electron chi connectivity index (χ2n) is 4.25. The van der Waals surface area contributed by atoms with Crippen molar-refractivity contribution in [2.45, 2.75) is 52.1 Å². The van der Waals surface area contributed by atoms with E-state index in [1.807, 2.05) is 24.7 Å². The number of hydrogen-bond donors (Lipinski definition) is 1. The van der Waals surface area contributed by atoms with Crippen LogP contribution in [0, 0.1) is 6.92 Å². The Bertz CT molecular complexity index is 294. The summed E-state index contributed by atoms with van der Waals surface area (Å²) in [6.45, 7) is 4.16. The van der Waals surface area contributed by atoms with Crippen LogP contribution in [0.3, 0.4) is 0 Å². The topological polar surface area (TPSA) is 38.1 Å². The number of aryl methyl sites for hydroxylation is 2. The normalized spacial score (nSPS) is 13.1. The molecule has 0 fully saturated rings. The van der Waals surface area contributed by atoms with Gasteiger partial charge in [-0.2, -0.15) is 5.10 Å². The van der Waals surface area contributed by atoms with Crippen molar-refractivity contribution in [3.8, 4) is 0 Å². The van der Waals surface area contributed by atoms with E-state index in [2.05, 4.69) is 12.0 Å². The predicted molar refractivity (Wildman–Crippen MR) is 61.8 cm³/mol. The molecule has 0 saturated heterocycles. The molecule has 1 atom stereocenters. The Balaban J connectivity index is 2.37. The highest BCUT2D eigenvalue weighted by atomic mass is 16.3. The molecule has 1 unspecified atom stereocenters. The highest BCUT2D eigenvalue weighted by molar-refractivity contribution is 5.09. The van der Waals surface area contributed by atoms with Crippen molar-refractivity contribution < 1.29 is 5.11 Å². The smallest absolute Gasteiger partial charge is 0.0596 e. The van der Waals surface area contributed by atoms with Gasteiger partial charge < -0.3 is 5.11 Å². The minimum absolute atomic E-state index is 0.216. The molecular weight excluding hydrogens is 188 g/mol. The maximum Gasteiger partial charge on any atom is 0.0596 e. The van der Waals surface area contributed by atoms with Gasteiger partial charge >= 0.3 is 0 Å². The van der Waals surface area contributed by atoms with Gasteiger partial charge in [0.15, 0.2) is 0 Å². The summed E-state index contributed by atoms with van der Waals surface area (Å²) in [5, 5.41) is 14.1. The zero-order valence-electron chi connectivity index (χ0n) is 10.0. The SMILES string of the molecule is CCCCCC(O)Cc1cc(C)nn1C. The highest BCUT2D eigenvalue weighted by Crippen LogP contribution is 2.10. The van der Waals surface area contributed by atoms with Crippen LogP contribution in [-0.4, -0.2) is 21.0 Å². The average molecular weight is 210 g/mol. The molecule has 0 spiro atoms. The molecule has 0 amide bonds. The number of rotatable bonds is 6. The van der Waals surface area contributed by atoms with Crippen molar-refractivity contribution in [1.29, 1.82) is 0 Å². The Kier molecular flexibility index (Phi) is 4.82. The van der Waals surface area contributed by atoms with Crippen molar-refractivity contribution >= 4 is 0 Å². The summed E-state index contributed by atoms with van der Waals surface area (Å²) in [6, 6.07) is 2.04. The monoisotopic (exact) mass is 210 g/mol. The number of aliphatic hydroxyl groups excluding tert-OH is 1. The van der Waals surface area contributed by atoms with Crippen LogP contribution in [0.4, 0.5) is 0 Å². The third-order valence-corrected chi connectivity index (χ3v) is 2.68. The fraction of sp³-hybridized carbons (Fsp3) is 0.750. The van der Waals surface area contributed by atoms with E-state index in [1.54, 1.807) is 0 Å². The van der Waals surface area contributed by atoms with Crippen LogP contribution in [0.2, 0.25) is 0 Å². The molecule has 1 aromatic heterocycles. The summed E-state index contributed by atoms with van der Waals surface area (Å²) in [7, 11) is 1.93. The van der Waals surface area contributed by atoms with E-state index in [0.29, 0.717) is 0 Å². The van der Waals surface area contributed by atoms with Crippen LogP contribution in [0.25, 0.3) is 0 Å². The second-order valence-corrected chi connectivity index (χ2v) is 4.25. The summed E-state index contributed by atoms with van der Waals surface area (Å²) < 4.78 is 1.86. The quantitative estimate of drug-likeness (QED) is 0.731. The van der Waals surface area contributed by atoms with Crippen LogP contribution >= 0.6 is 0 Å². The summed E-state index contributed by atoms with van der Waals surface area (Å²) in [4.78, 5) is 0. The molecule has 1 aromatic rings. The van der Waals surface area contributed by atoms with Gasteiger partial charge in [-0.05, 0) is 19.4 Å². The lowest BCUT2D eigenvalue weighted by molar-refractivity contribution is 0.159. The number of aromatic nitrogens is 2. The molecule has 0 radical (unpaired) electrons. The Hall–Kier alpha value is -0.830. The Morgan fingerprint density at radius 1 is 1.47 bits per heavy atom. The van der Waals surface area contributed by atoms with Gasteiger partial charge in [0.25, 0.3) is 0 Å². The first-order valence-corrected chi connectivity index (χ1v) is 5.81. The first-order valence-electron chi connectivity index (χ1n) is 5.81. The van der Waals surface area contributed by atoms with Crippen LogP contribution in [0.5, 0.6) is 0 Å². The average Bonchev–Trinajstić information content (AvgIpc) is 2.45. The first kappa shape index (κ1) is 12.2. The molecule has 0 saturated carbocycles. The van der Waals surface area contributed by atoms with Gasteiger partial charge in [-0.15, -0.1) is 0 Å². The van der Waals surface area contributed by atoms with Crippen molar-refractivity contribution in [1.82, 2.24) is 9.78 Å². The minimum Gasteiger partial charge on any atom is -0.393 e. The molecule has 86 valence electrons. The molecule has 1 heterocycles. The van der Waals surface area contributed by atoms with Crippen molar-refractivity contribution in [2.24, 2.45) is 7.05 Å². The van der Waals surface area contributed by atoms with Gasteiger partial charge in [0.2, 0.25) is 0 Å². The van der Waals surface area contributed by atoms with E-state index in [4.69, 9.17) is 0 Å². The lowest BCUT2D eigenvalue weighted by Crippen LogP contribution is -2.13. The van der Waals surface area contributed by atoms with Gasteiger partial charge in [-0.3, -0.25) is 4.68 Å². The Labute approximate surface area is 92.1 Å². The largest absolute Gasteiger partial charge is 0.393 e. The van der Waals surface area contributed by atoms with Gasteiger partial charge in [-0.1, -0.05) is 26.2 Å². The van der Waals surface area contributed by atoms with Gasteiger partial charge in [-0.25, -0.2) is 0 Å². The minimum atomic E-state index is -0.216. The van der Waals surface area contributed by atoms with Crippen LogP contribution in [0.15, 0.2) is 6.07 Å². The highest BCUT2D eigenvalue weighted by Gasteiger charge is 2.09. The van der Waals surface area contributed by atoms with Gasteiger partial charge in [0.1, 0.15) is 0 Å². The van der Waals surface area contributed by atoms with Crippen LogP contribution in [-0.2, 0) is 13.5 Å².